The Balaban J connectivity index is 1.84. The molecule has 26 heavy (non-hydrogen) atoms. The van der Waals surface area contributed by atoms with E-state index < -0.39 is 0 Å². The maximum absolute atomic E-state index is 12.0. The van der Waals surface area contributed by atoms with Gasteiger partial charge in [-0.1, -0.05) is 0 Å². The number of anilines is 3. The van der Waals surface area contributed by atoms with Gasteiger partial charge in [0.15, 0.2) is 0 Å². The van der Waals surface area contributed by atoms with Gasteiger partial charge in [0.05, 0.1) is 6.10 Å². The van der Waals surface area contributed by atoms with Crippen LogP contribution in [-0.4, -0.2) is 32.0 Å². The number of nitrogens with zero attached hydrogens (tertiary/aromatic N) is 1. The first-order valence-corrected chi connectivity index (χ1v) is 8.47. The molecule has 138 valence electrons. The van der Waals surface area contributed by atoms with Gasteiger partial charge in [0.25, 0.3) is 0 Å². The SMILES string of the molecule is CC(C)Oc1ccc(NC(=O)CC(=O)Nc2ccc(N(C)C)cc2)cc1. The molecular weight excluding hydrogens is 330 g/mol. The third kappa shape index (κ3) is 6.12. The van der Waals surface area contributed by atoms with Crippen LogP contribution < -0.4 is 20.3 Å². The van der Waals surface area contributed by atoms with Crippen molar-refractivity contribution in [2.24, 2.45) is 0 Å². The third-order valence-electron chi connectivity index (χ3n) is 3.50. The Labute approximate surface area is 154 Å². The van der Waals surface area contributed by atoms with Crippen LogP contribution in [0.25, 0.3) is 0 Å². The topological polar surface area (TPSA) is 70.7 Å². The number of rotatable bonds is 7. The predicted octanol–water partition coefficient (Wildman–Crippen LogP) is 3.51. The van der Waals surface area contributed by atoms with Crippen molar-refractivity contribution < 1.29 is 14.3 Å². The fraction of sp³-hybridized carbons (Fsp3) is 0.300. The third-order valence-corrected chi connectivity index (χ3v) is 3.50. The number of amides is 2. The summed E-state index contributed by atoms with van der Waals surface area (Å²) in [7, 11) is 3.89. The quantitative estimate of drug-likeness (QED) is 0.746. The lowest BCUT2D eigenvalue weighted by molar-refractivity contribution is -0.123. The molecule has 0 heterocycles. The molecule has 2 aromatic rings. The molecule has 6 nitrogen and oxygen atoms in total. The van der Waals surface area contributed by atoms with Gasteiger partial charge in [-0.15, -0.1) is 0 Å². The lowest BCUT2D eigenvalue weighted by Crippen LogP contribution is -2.21. The highest BCUT2D eigenvalue weighted by Crippen LogP contribution is 2.18. The number of nitrogens with one attached hydrogen (secondary N) is 2. The van der Waals surface area contributed by atoms with Crippen LogP contribution in [0.1, 0.15) is 20.3 Å². The molecule has 2 amide bonds. The van der Waals surface area contributed by atoms with Gasteiger partial charge < -0.3 is 20.3 Å². The monoisotopic (exact) mass is 355 g/mol. The number of carbonyl (C=O) groups excluding carboxylic acids is 2. The van der Waals surface area contributed by atoms with Crippen LogP contribution in [0.4, 0.5) is 17.1 Å². The van der Waals surface area contributed by atoms with Gasteiger partial charge in [0, 0.05) is 31.2 Å². The van der Waals surface area contributed by atoms with Crippen molar-refractivity contribution in [3.8, 4) is 5.75 Å². The minimum atomic E-state index is -0.370. The first-order valence-electron chi connectivity index (χ1n) is 8.47. The van der Waals surface area contributed by atoms with Gasteiger partial charge in [-0.2, -0.15) is 0 Å². The highest BCUT2D eigenvalue weighted by Gasteiger charge is 2.10. The summed E-state index contributed by atoms with van der Waals surface area (Å²) >= 11 is 0. The molecule has 0 saturated carbocycles. The number of ether oxygens (including phenoxy) is 1. The molecule has 0 fully saturated rings. The lowest BCUT2D eigenvalue weighted by Gasteiger charge is -2.13. The lowest BCUT2D eigenvalue weighted by atomic mass is 10.2. The van der Waals surface area contributed by atoms with Gasteiger partial charge >= 0.3 is 0 Å². The highest BCUT2D eigenvalue weighted by molar-refractivity contribution is 6.08. The second kappa shape index (κ2) is 8.89. The minimum absolute atomic E-state index is 0.0888. The molecule has 0 atom stereocenters. The molecule has 0 aliphatic rings. The van der Waals surface area contributed by atoms with Crippen molar-refractivity contribution in [2.75, 3.05) is 29.6 Å². The zero-order valence-corrected chi connectivity index (χ0v) is 15.6. The van der Waals surface area contributed by atoms with Gasteiger partial charge in [-0.05, 0) is 62.4 Å². The van der Waals surface area contributed by atoms with Crippen LogP contribution in [-0.2, 0) is 9.59 Å². The maximum Gasteiger partial charge on any atom is 0.233 e. The van der Waals surface area contributed by atoms with Crippen molar-refractivity contribution >= 4 is 28.9 Å². The summed E-state index contributed by atoms with van der Waals surface area (Å²) < 4.78 is 5.55. The molecular formula is C20H25N3O3. The van der Waals surface area contributed by atoms with E-state index >= 15 is 0 Å². The Morgan fingerprint density at radius 3 is 1.77 bits per heavy atom. The van der Waals surface area contributed by atoms with Crippen LogP contribution in [0.5, 0.6) is 5.75 Å². The summed E-state index contributed by atoms with van der Waals surface area (Å²) in [6, 6.07) is 14.5. The summed E-state index contributed by atoms with van der Waals surface area (Å²) in [5.74, 6) is 0.00159. The van der Waals surface area contributed by atoms with E-state index in [1.54, 1.807) is 36.4 Å². The van der Waals surface area contributed by atoms with E-state index in [0.717, 1.165) is 11.4 Å². The molecule has 0 aliphatic carbocycles. The Morgan fingerprint density at radius 1 is 0.885 bits per heavy atom. The average Bonchev–Trinajstić information content (AvgIpc) is 2.56. The first kappa shape index (κ1) is 19.3. The van der Waals surface area contributed by atoms with Gasteiger partial charge in [-0.3, -0.25) is 9.59 Å². The van der Waals surface area contributed by atoms with Crippen LogP contribution >= 0.6 is 0 Å². The number of hydrogen-bond acceptors (Lipinski definition) is 4. The first-order chi connectivity index (χ1) is 12.3. The van der Waals surface area contributed by atoms with Crippen LogP contribution in [0.15, 0.2) is 48.5 Å². The smallest absolute Gasteiger partial charge is 0.233 e. The molecule has 6 heteroatoms. The van der Waals surface area contributed by atoms with Crippen molar-refractivity contribution in [1.29, 1.82) is 0 Å². The summed E-state index contributed by atoms with van der Waals surface area (Å²) in [5.41, 5.74) is 2.31. The summed E-state index contributed by atoms with van der Waals surface area (Å²) in [4.78, 5) is 26.0. The van der Waals surface area contributed by atoms with Gasteiger partial charge in [-0.25, -0.2) is 0 Å². The van der Waals surface area contributed by atoms with Crippen molar-refractivity contribution in [1.82, 2.24) is 0 Å². The molecule has 2 aromatic carbocycles. The van der Waals surface area contributed by atoms with Crippen molar-refractivity contribution in [3.05, 3.63) is 48.5 Å². The number of benzene rings is 2. The van der Waals surface area contributed by atoms with Crippen molar-refractivity contribution in [3.63, 3.8) is 0 Å². The van der Waals surface area contributed by atoms with Crippen LogP contribution in [0.2, 0.25) is 0 Å². The molecule has 0 unspecified atom stereocenters. The molecule has 2 N–H and O–H groups in total. The van der Waals surface area contributed by atoms with E-state index in [9.17, 15) is 9.59 Å². The Kier molecular flexibility index (Phi) is 6.60. The van der Waals surface area contributed by atoms with E-state index in [0.29, 0.717) is 11.4 Å². The second-order valence-electron chi connectivity index (χ2n) is 6.41. The average molecular weight is 355 g/mol. The Morgan fingerprint density at radius 2 is 1.35 bits per heavy atom. The normalized spacial score (nSPS) is 10.3. The zero-order chi connectivity index (χ0) is 19.1. The highest BCUT2D eigenvalue weighted by atomic mass is 16.5. The maximum atomic E-state index is 12.0. The van der Waals surface area contributed by atoms with Crippen LogP contribution in [0.3, 0.4) is 0 Å². The number of hydrogen-bond donors (Lipinski definition) is 2. The van der Waals surface area contributed by atoms with E-state index in [1.807, 2.05) is 45.0 Å². The van der Waals surface area contributed by atoms with E-state index in [4.69, 9.17) is 4.74 Å². The zero-order valence-electron chi connectivity index (χ0n) is 15.6. The van der Waals surface area contributed by atoms with E-state index in [-0.39, 0.29) is 24.3 Å². The van der Waals surface area contributed by atoms with E-state index in [2.05, 4.69) is 10.6 Å². The molecule has 0 bridgehead atoms. The Bertz CT molecular complexity index is 738. The van der Waals surface area contributed by atoms with Gasteiger partial charge in [0.2, 0.25) is 11.8 Å². The van der Waals surface area contributed by atoms with Crippen molar-refractivity contribution in [2.45, 2.75) is 26.4 Å². The molecule has 0 saturated heterocycles. The second-order valence-corrected chi connectivity index (χ2v) is 6.41. The predicted molar refractivity (Wildman–Crippen MR) is 105 cm³/mol. The summed E-state index contributed by atoms with van der Waals surface area (Å²) in [6.45, 7) is 3.89. The largest absolute Gasteiger partial charge is 0.491 e. The number of carbonyl (C=O) groups is 2. The molecule has 0 radical (unpaired) electrons. The fourth-order valence-corrected chi connectivity index (χ4v) is 2.29. The van der Waals surface area contributed by atoms with E-state index in [1.165, 1.54) is 0 Å². The summed E-state index contributed by atoms with van der Waals surface area (Å²) in [6.07, 6.45) is -0.161. The molecule has 0 spiro atoms. The van der Waals surface area contributed by atoms with Crippen LogP contribution in [0, 0.1) is 0 Å². The minimum Gasteiger partial charge on any atom is -0.491 e. The summed E-state index contributed by atoms with van der Waals surface area (Å²) in [5, 5.41) is 5.42. The fourth-order valence-electron chi connectivity index (χ4n) is 2.29. The molecule has 2 rings (SSSR count). The molecule has 0 aromatic heterocycles. The molecule has 0 aliphatic heterocycles. The Hall–Kier alpha value is -3.02. The van der Waals surface area contributed by atoms with Gasteiger partial charge in [0.1, 0.15) is 12.2 Å². The standard InChI is InChI=1S/C20H25N3O3/c1-14(2)26-18-11-7-16(8-12-18)22-20(25)13-19(24)21-15-5-9-17(10-6-15)23(3)4/h5-12,14H,13H2,1-4H3,(H,21,24)(H,22,25).